The zero-order chi connectivity index (χ0) is 16.4. The quantitative estimate of drug-likeness (QED) is 0.699. The highest BCUT2D eigenvalue weighted by Gasteiger charge is 2.29. The number of sulfone groups is 1. The largest absolute Gasteiger partial charge is 0.361 e. The Hall–Kier alpha value is -2.55. The molecule has 0 radical (unpaired) electrons. The van der Waals surface area contributed by atoms with Gasteiger partial charge in [-0.25, -0.2) is 8.42 Å². The highest BCUT2D eigenvalue weighted by atomic mass is 32.2. The number of tetrazole rings is 1. The normalized spacial score (nSPS) is 13.1. The van der Waals surface area contributed by atoms with E-state index in [4.69, 9.17) is 4.52 Å². The molecule has 9 heteroatoms. The number of hydrogen-bond acceptors (Lipinski definition) is 7. The van der Waals surface area contributed by atoms with Crippen LogP contribution < -0.4 is 0 Å². The van der Waals surface area contributed by atoms with Crippen molar-refractivity contribution in [1.29, 1.82) is 0 Å². The molecule has 0 saturated heterocycles. The average Bonchev–Trinajstić information content (AvgIpc) is 3.16. The summed E-state index contributed by atoms with van der Waals surface area (Å²) in [5.74, 6) is 0.598. The molecule has 3 aromatic rings. The number of nitrogens with zero attached hydrogens (tertiary/aromatic N) is 5. The van der Waals surface area contributed by atoms with Gasteiger partial charge in [0.1, 0.15) is 11.0 Å². The summed E-state index contributed by atoms with van der Waals surface area (Å²) in [6.45, 7) is 3.27. The van der Waals surface area contributed by atoms with Crippen LogP contribution in [0.15, 0.2) is 40.9 Å². The van der Waals surface area contributed by atoms with E-state index in [0.29, 0.717) is 17.1 Å². The first-order valence-electron chi connectivity index (χ1n) is 6.95. The summed E-state index contributed by atoms with van der Waals surface area (Å²) in [4.78, 5) is 0. The fraction of sp³-hybridized carbons (Fsp3) is 0.286. The van der Waals surface area contributed by atoms with Crippen LogP contribution in [0.25, 0.3) is 5.69 Å². The van der Waals surface area contributed by atoms with E-state index in [1.165, 1.54) is 4.68 Å². The van der Waals surface area contributed by atoms with Crippen LogP contribution in [0.3, 0.4) is 0 Å². The van der Waals surface area contributed by atoms with Crippen molar-refractivity contribution in [2.75, 3.05) is 0 Å². The van der Waals surface area contributed by atoms with Crippen molar-refractivity contribution >= 4 is 9.84 Å². The van der Waals surface area contributed by atoms with Crippen molar-refractivity contribution in [2.24, 2.45) is 0 Å². The third-order valence-electron chi connectivity index (χ3n) is 3.42. The van der Waals surface area contributed by atoms with Gasteiger partial charge in [0.05, 0.1) is 17.1 Å². The van der Waals surface area contributed by atoms with E-state index in [2.05, 4.69) is 20.7 Å². The lowest BCUT2D eigenvalue weighted by Gasteiger charge is -2.11. The molecule has 0 spiro atoms. The second-order valence-electron chi connectivity index (χ2n) is 5.16. The highest BCUT2D eigenvalue weighted by Crippen LogP contribution is 2.24. The predicted molar refractivity (Wildman–Crippen MR) is 81.4 cm³/mol. The third kappa shape index (κ3) is 3.14. The van der Waals surface area contributed by atoms with Gasteiger partial charge in [-0.05, 0) is 36.4 Å². The summed E-state index contributed by atoms with van der Waals surface area (Å²) in [6.07, 6.45) is 0. The summed E-state index contributed by atoms with van der Waals surface area (Å²) < 4.78 is 31.5. The van der Waals surface area contributed by atoms with Crippen LogP contribution in [0.4, 0.5) is 0 Å². The predicted octanol–water partition coefficient (Wildman–Crippen LogP) is 1.63. The molecule has 0 aliphatic carbocycles. The molecule has 0 fully saturated rings. The minimum atomic E-state index is -3.54. The van der Waals surface area contributed by atoms with Gasteiger partial charge in [-0.1, -0.05) is 23.4 Å². The zero-order valence-corrected chi connectivity index (χ0v) is 13.4. The summed E-state index contributed by atoms with van der Waals surface area (Å²) in [5.41, 5.74) is 1.07. The molecule has 2 aromatic heterocycles. The molecule has 0 saturated carbocycles. The van der Waals surface area contributed by atoms with E-state index in [1.54, 1.807) is 32.0 Å². The smallest absolute Gasteiger partial charge is 0.174 e. The van der Waals surface area contributed by atoms with Crippen molar-refractivity contribution in [3.63, 3.8) is 0 Å². The molecule has 0 bridgehead atoms. The Morgan fingerprint density at radius 1 is 1.26 bits per heavy atom. The Balaban J connectivity index is 1.91. The molecule has 0 aliphatic rings. The molecule has 0 amide bonds. The first-order valence-corrected chi connectivity index (χ1v) is 8.66. The van der Waals surface area contributed by atoms with Crippen LogP contribution in [0, 0.1) is 6.92 Å². The topological polar surface area (TPSA) is 104 Å². The van der Waals surface area contributed by atoms with Gasteiger partial charge >= 0.3 is 0 Å². The van der Waals surface area contributed by atoms with Crippen LogP contribution in [0.1, 0.15) is 29.5 Å². The lowest BCUT2D eigenvalue weighted by Crippen LogP contribution is -2.17. The Bertz CT molecular complexity index is 901. The number of rotatable bonds is 5. The second-order valence-corrected chi connectivity index (χ2v) is 7.48. The van der Waals surface area contributed by atoms with Crippen LogP contribution in [-0.4, -0.2) is 33.8 Å². The van der Waals surface area contributed by atoms with E-state index >= 15 is 0 Å². The number of para-hydroxylation sites is 1. The van der Waals surface area contributed by atoms with Crippen LogP contribution in [0.2, 0.25) is 0 Å². The molecule has 1 unspecified atom stereocenters. The molecule has 0 N–H and O–H groups in total. The van der Waals surface area contributed by atoms with Gasteiger partial charge in [-0.15, -0.1) is 5.10 Å². The number of hydrogen-bond donors (Lipinski definition) is 0. The average molecular weight is 333 g/mol. The Labute approximate surface area is 133 Å². The molecule has 3 rings (SSSR count). The molecule has 1 aromatic carbocycles. The van der Waals surface area contributed by atoms with E-state index in [9.17, 15) is 8.42 Å². The standard InChI is InChI=1S/C14H15N5O3S/c1-10-8-12(16-22-10)9-23(20,21)11(2)14-15-17-18-19(14)13-6-4-3-5-7-13/h3-8,11H,9H2,1-2H3. The fourth-order valence-electron chi connectivity index (χ4n) is 2.18. The summed E-state index contributed by atoms with van der Waals surface area (Å²) in [6, 6.07) is 10.7. The Morgan fingerprint density at radius 2 is 2.00 bits per heavy atom. The highest BCUT2D eigenvalue weighted by molar-refractivity contribution is 7.90. The number of aromatic nitrogens is 5. The van der Waals surface area contributed by atoms with Crippen LogP contribution in [0.5, 0.6) is 0 Å². The second kappa shape index (κ2) is 5.92. The molecule has 23 heavy (non-hydrogen) atoms. The molecule has 1 atom stereocenters. The summed E-state index contributed by atoms with van der Waals surface area (Å²) >= 11 is 0. The Kier molecular flexibility index (Phi) is 3.95. The SMILES string of the molecule is Cc1cc(CS(=O)(=O)C(C)c2nnnn2-c2ccccc2)no1. The lowest BCUT2D eigenvalue weighted by molar-refractivity contribution is 0.392. The minimum Gasteiger partial charge on any atom is -0.361 e. The molecular formula is C14H15N5O3S. The maximum atomic E-state index is 12.6. The fourth-order valence-corrected chi connectivity index (χ4v) is 3.44. The van der Waals surface area contributed by atoms with Crippen molar-refractivity contribution in [3.8, 4) is 5.69 Å². The van der Waals surface area contributed by atoms with Crippen molar-refractivity contribution in [1.82, 2.24) is 25.4 Å². The Morgan fingerprint density at radius 3 is 2.65 bits per heavy atom. The van der Waals surface area contributed by atoms with E-state index in [1.807, 2.05) is 18.2 Å². The summed E-state index contributed by atoms with van der Waals surface area (Å²) in [5, 5.41) is 14.2. The van der Waals surface area contributed by atoms with Gasteiger partial charge in [0, 0.05) is 6.07 Å². The molecule has 2 heterocycles. The van der Waals surface area contributed by atoms with Gasteiger partial charge in [0.2, 0.25) is 0 Å². The van der Waals surface area contributed by atoms with Gasteiger partial charge < -0.3 is 4.52 Å². The minimum absolute atomic E-state index is 0.229. The monoisotopic (exact) mass is 333 g/mol. The first-order chi connectivity index (χ1) is 11.0. The maximum absolute atomic E-state index is 12.6. The van der Waals surface area contributed by atoms with Gasteiger partial charge in [0.25, 0.3) is 0 Å². The molecular weight excluding hydrogens is 318 g/mol. The lowest BCUT2D eigenvalue weighted by atomic mass is 10.3. The van der Waals surface area contributed by atoms with Crippen molar-refractivity contribution in [2.45, 2.75) is 24.9 Å². The van der Waals surface area contributed by atoms with E-state index < -0.39 is 15.1 Å². The van der Waals surface area contributed by atoms with E-state index in [-0.39, 0.29) is 11.6 Å². The van der Waals surface area contributed by atoms with E-state index in [0.717, 1.165) is 0 Å². The van der Waals surface area contributed by atoms with Crippen LogP contribution >= 0.6 is 0 Å². The van der Waals surface area contributed by atoms with Gasteiger partial charge in [-0.2, -0.15) is 4.68 Å². The molecule has 120 valence electrons. The van der Waals surface area contributed by atoms with Crippen molar-refractivity contribution < 1.29 is 12.9 Å². The zero-order valence-electron chi connectivity index (χ0n) is 12.6. The summed E-state index contributed by atoms with van der Waals surface area (Å²) in [7, 11) is -3.54. The number of benzene rings is 1. The maximum Gasteiger partial charge on any atom is 0.174 e. The third-order valence-corrected chi connectivity index (χ3v) is 5.41. The van der Waals surface area contributed by atoms with Gasteiger partial charge in [0.15, 0.2) is 15.7 Å². The van der Waals surface area contributed by atoms with Gasteiger partial charge in [-0.3, -0.25) is 0 Å². The van der Waals surface area contributed by atoms with Crippen LogP contribution in [-0.2, 0) is 15.6 Å². The molecule has 8 nitrogen and oxygen atoms in total. The number of aryl methyl sites for hydroxylation is 1. The first kappa shape index (κ1) is 15.3. The molecule has 0 aliphatic heterocycles. The van der Waals surface area contributed by atoms with Crippen molar-refractivity contribution in [3.05, 3.63) is 53.7 Å².